The Hall–Kier alpha value is -4.98. The van der Waals surface area contributed by atoms with Crippen LogP contribution in [0.5, 0.6) is 0 Å². The minimum atomic E-state index is -0.694. The van der Waals surface area contributed by atoms with Gasteiger partial charge in [-0.3, -0.25) is 19.3 Å². The zero-order valence-corrected chi connectivity index (χ0v) is 22.2. The first-order valence-electron chi connectivity index (χ1n) is 13.3. The maximum absolute atomic E-state index is 13.2. The van der Waals surface area contributed by atoms with Crippen LogP contribution < -0.4 is 4.90 Å². The van der Waals surface area contributed by atoms with E-state index in [0.29, 0.717) is 40.7 Å². The summed E-state index contributed by atoms with van der Waals surface area (Å²) in [6, 6.07) is 19.1. The molecule has 41 heavy (non-hydrogen) atoms. The molecule has 1 saturated heterocycles. The van der Waals surface area contributed by atoms with Crippen LogP contribution >= 0.6 is 0 Å². The molecular formula is C33H25FN2O5. The van der Waals surface area contributed by atoms with E-state index in [1.807, 2.05) is 31.2 Å². The molecule has 0 radical (unpaired) electrons. The molecule has 2 aliphatic rings. The maximum Gasteiger partial charge on any atom is 0.339 e. The lowest BCUT2D eigenvalue weighted by Crippen LogP contribution is -2.30. The number of ether oxygens (including phenoxy) is 1. The number of pyridine rings is 1. The van der Waals surface area contributed by atoms with Crippen LogP contribution in [0.15, 0.2) is 84.9 Å². The number of hydrogen-bond acceptors (Lipinski definition) is 6. The summed E-state index contributed by atoms with van der Waals surface area (Å²) in [6.45, 7) is 1.39. The minimum absolute atomic E-state index is 0.184. The van der Waals surface area contributed by atoms with Crippen molar-refractivity contribution in [2.24, 2.45) is 11.8 Å². The van der Waals surface area contributed by atoms with Crippen LogP contribution in [0.3, 0.4) is 0 Å². The number of aryl methyl sites for hydroxylation is 1. The Bertz CT molecular complexity index is 1720. The molecule has 2 atom stereocenters. The highest BCUT2D eigenvalue weighted by Gasteiger charge is 2.47. The van der Waals surface area contributed by atoms with E-state index in [-0.39, 0.29) is 34.8 Å². The van der Waals surface area contributed by atoms with Gasteiger partial charge in [0, 0.05) is 16.5 Å². The van der Waals surface area contributed by atoms with Crippen molar-refractivity contribution in [1.29, 1.82) is 0 Å². The van der Waals surface area contributed by atoms with Gasteiger partial charge in [-0.15, -0.1) is 0 Å². The third kappa shape index (κ3) is 4.93. The van der Waals surface area contributed by atoms with Crippen molar-refractivity contribution in [3.63, 3.8) is 0 Å². The van der Waals surface area contributed by atoms with Crippen LogP contribution in [0.4, 0.5) is 10.1 Å². The molecule has 4 aromatic rings. The Morgan fingerprint density at radius 3 is 2.22 bits per heavy atom. The molecule has 7 nitrogen and oxygen atoms in total. The summed E-state index contributed by atoms with van der Waals surface area (Å²) < 4.78 is 18.6. The molecule has 0 spiro atoms. The predicted octanol–water partition coefficient (Wildman–Crippen LogP) is 5.84. The van der Waals surface area contributed by atoms with Crippen molar-refractivity contribution < 1.29 is 28.3 Å². The number of carbonyl (C=O) groups excluding carboxylic acids is 4. The lowest BCUT2D eigenvalue weighted by atomic mass is 9.85. The number of carbonyl (C=O) groups is 4. The van der Waals surface area contributed by atoms with Gasteiger partial charge in [0.15, 0.2) is 12.4 Å². The molecule has 2 amide bonds. The van der Waals surface area contributed by atoms with E-state index < -0.39 is 24.2 Å². The van der Waals surface area contributed by atoms with Gasteiger partial charge in [-0.1, -0.05) is 35.9 Å². The van der Waals surface area contributed by atoms with Crippen molar-refractivity contribution in [3.05, 3.63) is 107 Å². The van der Waals surface area contributed by atoms with Gasteiger partial charge in [0.1, 0.15) is 5.82 Å². The summed E-state index contributed by atoms with van der Waals surface area (Å²) in [4.78, 5) is 57.7. The van der Waals surface area contributed by atoms with E-state index in [4.69, 9.17) is 9.72 Å². The van der Waals surface area contributed by atoms with Gasteiger partial charge in [-0.25, -0.2) is 14.2 Å². The summed E-state index contributed by atoms with van der Waals surface area (Å²) >= 11 is 0. The predicted molar refractivity (Wildman–Crippen MR) is 151 cm³/mol. The minimum Gasteiger partial charge on any atom is -0.454 e. The van der Waals surface area contributed by atoms with Crippen molar-refractivity contribution in [2.45, 2.75) is 19.8 Å². The smallest absolute Gasteiger partial charge is 0.339 e. The second kappa shape index (κ2) is 10.5. The first-order chi connectivity index (χ1) is 19.8. The van der Waals surface area contributed by atoms with Gasteiger partial charge in [-0.2, -0.15) is 0 Å². The Morgan fingerprint density at radius 1 is 0.902 bits per heavy atom. The normalized spacial score (nSPS) is 18.0. The van der Waals surface area contributed by atoms with E-state index in [0.717, 1.165) is 5.56 Å². The van der Waals surface area contributed by atoms with Crippen LogP contribution in [0.25, 0.3) is 22.2 Å². The topological polar surface area (TPSA) is 93.6 Å². The summed E-state index contributed by atoms with van der Waals surface area (Å²) in [7, 11) is 0. The van der Waals surface area contributed by atoms with Crippen LogP contribution in [0.2, 0.25) is 0 Å². The van der Waals surface area contributed by atoms with Crippen molar-refractivity contribution in [1.82, 2.24) is 4.98 Å². The summed E-state index contributed by atoms with van der Waals surface area (Å²) in [5.74, 6) is -2.62. The SMILES string of the molecule is Cc1ccc2nc(-c3ccc(N4C(=O)C5CC=CCC5C4=O)cc3)cc(C(=O)OCC(=O)c3ccc(F)cc3)c2c1. The van der Waals surface area contributed by atoms with Gasteiger partial charge in [0.25, 0.3) is 0 Å². The Kier molecular flexibility index (Phi) is 6.75. The summed E-state index contributed by atoms with van der Waals surface area (Å²) in [6.07, 6.45) is 5.04. The summed E-state index contributed by atoms with van der Waals surface area (Å²) in [5.41, 5.74) is 3.62. The molecule has 1 aliphatic carbocycles. The first kappa shape index (κ1) is 26.3. The number of aromatic nitrogens is 1. The molecule has 1 aliphatic heterocycles. The van der Waals surface area contributed by atoms with Crippen LogP contribution in [-0.4, -0.2) is 35.2 Å². The lowest BCUT2D eigenvalue weighted by Gasteiger charge is -2.15. The van der Waals surface area contributed by atoms with Gasteiger partial charge in [-0.05, 0) is 74.4 Å². The van der Waals surface area contributed by atoms with E-state index in [1.165, 1.54) is 29.2 Å². The molecule has 0 N–H and O–H groups in total. The first-order valence-corrected chi connectivity index (χ1v) is 13.3. The third-order valence-corrected chi connectivity index (χ3v) is 7.61. The number of rotatable bonds is 6. The largest absolute Gasteiger partial charge is 0.454 e. The fourth-order valence-corrected chi connectivity index (χ4v) is 5.42. The fourth-order valence-electron chi connectivity index (χ4n) is 5.42. The lowest BCUT2D eigenvalue weighted by molar-refractivity contribution is -0.122. The van der Waals surface area contributed by atoms with Crippen LogP contribution in [0.1, 0.15) is 39.1 Å². The number of fused-ring (bicyclic) bond motifs is 2. The molecule has 1 fully saturated rings. The Balaban J connectivity index is 1.28. The van der Waals surface area contributed by atoms with E-state index in [2.05, 4.69) is 0 Å². The van der Waals surface area contributed by atoms with Gasteiger partial charge in [0.2, 0.25) is 11.8 Å². The highest BCUT2D eigenvalue weighted by atomic mass is 19.1. The monoisotopic (exact) mass is 548 g/mol. The Morgan fingerprint density at radius 2 is 1.56 bits per heavy atom. The van der Waals surface area contributed by atoms with Crippen molar-refractivity contribution in [2.75, 3.05) is 11.5 Å². The molecule has 6 rings (SSSR count). The van der Waals surface area contributed by atoms with Crippen molar-refractivity contribution in [3.8, 4) is 11.3 Å². The van der Waals surface area contributed by atoms with Crippen molar-refractivity contribution >= 4 is 40.2 Å². The zero-order chi connectivity index (χ0) is 28.7. The third-order valence-electron chi connectivity index (χ3n) is 7.61. The average molecular weight is 549 g/mol. The average Bonchev–Trinajstić information content (AvgIpc) is 3.25. The molecule has 2 unspecified atom stereocenters. The molecule has 1 aromatic heterocycles. The molecule has 0 saturated carbocycles. The number of nitrogens with zero attached hydrogens (tertiary/aromatic N) is 2. The van der Waals surface area contributed by atoms with E-state index in [9.17, 15) is 23.6 Å². The number of allylic oxidation sites excluding steroid dienone is 2. The second-order valence-electron chi connectivity index (χ2n) is 10.3. The van der Waals surface area contributed by atoms with Gasteiger partial charge >= 0.3 is 5.97 Å². The second-order valence-corrected chi connectivity index (χ2v) is 10.3. The zero-order valence-electron chi connectivity index (χ0n) is 22.2. The highest BCUT2D eigenvalue weighted by molar-refractivity contribution is 6.22. The maximum atomic E-state index is 13.2. The molecule has 204 valence electrons. The highest BCUT2D eigenvalue weighted by Crippen LogP contribution is 2.38. The quantitative estimate of drug-likeness (QED) is 0.130. The number of esters is 1. The number of amides is 2. The number of benzene rings is 3. The van der Waals surface area contributed by atoms with E-state index >= 15 is 0 Å². The van der Waals surface area contributed by atoms with E-state index in [1.54, 1.807) is 36.4 Å². The number of hydrogen-bond donors (Lipinski definition) is 0. The standard InChI is InChI=1S/C33H25FN2O5/c1-19-6-15-28-26(16-19)27(33(40)41-18-30(37)21-7-11-22(34)12-8-21)17-29(35-28)20-9-13-23(14-10-20)36-31(38)24-4-2-3-5-25(24)32(36)39/h2-3,6-17,24-25H,4-5,18H2,1H3. The number of imide groups is 1. The molecule has 3 aromatic carbocycles. The molecule has 8 heteroatoms. The number of halogens is 1. The van der Waals surface area contributed by atoms with Gasteiger partial charge in [0.05, 0.1) is 34.3 Å². The molecular weight excluding hydrogens is 523 g/mol. The molecule has 2 heterocycles. The van der Waals surface area contributed by atoms with Gasteiger partial charge < -0.3 is 4.74 Å². The molecule has 0 bridgehead atoms. The number of Topliss-reactive ketones (excluding diaryl/α,β-unsaturated/α-hetero) is 1. The Labute approximate surface area is 235 Å². The number of anilines is 1. The summed E-state index contributed by atoms with van der Waals surface area (Å²) in [5, 5.41) is 0.578. The number of ketones is 1. The van der Waals surface area contributed by atoms with Crippen LogP contribution in [-0.2, 0) is 14.3 Å². The fraction of sp³-hybridized carbons (Fsp3) is 0.182. The van der Waals surface area contributed by atoms with Crippen LogP contribution in [0, 0.1) is 24.6 Å².